The Morgan fingerprint density at radius 3 is 2.38 bits per heavy atom. The molecule has 0 spiro atoms. The third-order valence-corrected chi connectivity index (χ3v) is 2.72. The molecule has 3 heteroatoms. The number of hydrogen-bond acceptors (Lipinski definition) is 2. The van der Waals surface area contributed by atoms with Gasteiger partial charge in [-0.25, -0.2) is 0 Å². The van der Waals surface area contributed by atoms with E-state index in [9.17, 15) is 4.79 Å². The van der Waals surface area contributed by atoms with Crippen LogP contribution in [0.15, 0.2) is 0 Å². The van der Waals surface area contributed by atoms with Gasteiger partial charge in [-0.2, -0.15) is 0 Å². The Hall–Kier alpha value is -0.570. The maximum Gasteiger partial charge on any atom is 0.303 e. The minimum atomic E-state index is -0.687. The summed E-state index contributed by atoms with van der Waals surface area (Å²) in [6.07, 6.45) is 3.33. The van der Waals surface area contributed by atoms with Gasteiger partial charge in [0.25, 0.3) is 0 Å². The molecule has 0 aliphatic carbocycles. The van der Waals surface area contributed by atoms with Crippen LogP contribution in [0.2, 0.25) is 0 Å². The lowest BCUT2D eigenvalue weighted by Gasteiger charge is -2.18. The van der Waals surface area contributed by atoms with E-state index in [-0.39, 0.29) is 0 Å². The summed E-state index contributed by atoms with van der Waals surface area (Å²) >= 11 is 0. The zero-order chi connectivity index (χ0) is 12.6. The van der Waals surface area contributed by atoms with Crippen LogP contribution in [-0.4, -0.2) is 24.2 Å². The highest BCUT2D eigenvalue weighted by atomic mass is 16.4. The number of rotatable bonds is 8. The lowest BCUT2D eigenvalue weighted by atomic mass is 9.92. The average Bonchev–Trinajstić information content (AvgIpc) is 2.12. The second-order valence-electron chi connectivity index (χ2n) is 5.89. The topological polar surface area (TPSA) is 49.3 Å². The molecule has 0 radical (unpaired) electrons. The Kier molecular flexibility index (Phi) is 7.39. The molecule has 0 aromatic heterocycles. The SMILES string of the molecule is CC(CCNCCC(C)(C)C)CCC(=O)O. The first-order chi connectivity index (χ1) is 7.31. The van der Waals surface area contributed by atoms with Crippen molar-refractivity contribution < 1.29 is 9.90 Å². The highest BCUT2D eigenvalue weighted by Gasteiger charge is 2.09. The van der Waals surface area contributed by atoms with E-state index in [0.29, 0.717) is 17.8 Å². The zero-order valence-corrected chi connectivity index (χ0v) is 11.2. The van der Waals surface area contributed by atoms with Crippen molar-refractivity contribution >= 4 is 5.97 Å². The van der Waals surface area contributed by atoms with Crippen molar-refractivity contribution in [2.24, 2.45) is 11.3 Å². The van der Waals surface area contributed by atoms with Gasteiger partial charge in [-0.3, -0.25) is 4.79 Å². The summed E-state index contributed by atoms with van der Waals surface area (Å²) in [4.78, 5) is 10.4. The van der Waals surface area contributed by atoms with Crippen molar-refractivity contribution in [3.05, 3.63) is 0 Å². The average molecular weight is 229 g/mol. The van der Waals surface area contributed by atoms with Crippen molar-refractivity contribution in [2.45, 2.75) is 53.4 Å². The Balaban J connectivity index is 3.34. The fourth-order valence-corrected chi connectivity index (χ4v) is 1.45. The molecule has 3 nitrogen and oxygen atoms in total. The standard InChI is InChI=1S/C13H27NO2/c1-11(5-6-12(15)16)7-9-14-10-8-13(2,3)4/h11,14H,5-10H2,1-4H3,(H,15,16). The van der Waals surface area contributed by atoms with E-state index in [1.807, 2.05) is 0 Å². The van der Waals surface area contributed by atoms with Gasteiger partial charge >= 0.3 is 5.97 Å². The van der Waals surface area contributed by atoms with E-state index in [1.54, 1.807) is 0 Å². The summed E-state index contributed by atoms with van der Waals surface area (Å²) in [5.74, 6) is -0.189. The number of carboxylic acids is 1. The largest absolute Gasteiger partial charge is 0.481 e. The predicted octanol–water partition coefficient (Wildman–Crippen LogP) is 2.90. The van der Waals surface area contributed by atoms with Crippen molar-refractivity contribution in [3.63, 3.8) is 0 Å². The van der Waals surface area contributed by atoms with Crippen LogP contribution < -0.4 is 5.32 Å². The molecular weight excluding hydrogens is 202 g/mol. The summed E-state index contributed by atoms with van der Waals surface area (Å²) in [5.41, 5.74) is 0.391. The van der Waals surface area contributed by atoms with Gasteiger partial charge in [-0.05, 0) is 43.7 Å². The first-order valence-electron chi connectivity index (χ1n) is 6.24. The molecule has 0 bridgehead atoms. The minimum absolute atomic E-state index is 0.295. The molecule has 16 heavy (non-hydrogen) atoms. The van der Waals surface area contributed by atoms with Crippen LogP contribution in [0.3, 0.4) is 0 Å². The summed E-state index contributed by atoms with van der Waals surface area (Å²) in [6.45, 7) is 10.9. The molecular formula is C13H27NO2. The van der Waals surface area contributed by atoms with Crippen LogP contribution in [0.25, 0.3) is 0 Å². The van der Waals surface area contributed by atoms with Gasteiger partial charge in [0, 0.05) is 6.42 Å². The monoisotopic (exact) mass is 229 g/mol. The van der Waals surface area contributed by atoms with E-state index < -0.39 is 5.97 Å². The Bertz CT molecular complexity index is 197. The maximum absolute atomic E-state index is 10.4. The van der Waals surface area contributed by atoms with E-state index in [1.165, 1.54) is 6.42 Å². The van der Waals surface area contributed by atoms with Crippen molar-refractivity contribution in [2.75, 3.05) is 13.1 Å². The molecule has 1 unspecified atom stereocenters. The summed E-state index contributed by atoms with van der Waals surface area (Å²) in [7, 11) is 0. The van der Waals surface area contributed by atoms with Gasteiger partial charge < -0.3 is 10.4 Å². The summed E-state index contributed by atoms with van der Waals surface area (Å²) < 4.78 is 0. The third kappa shape index (κ3) is 11.5. The van der Waals surface area contributed by atoms with Crippen molar-refractivity contribution in [3.8, 4) is 0 Å². The van der Waals surface area contributed by atoms with Crippen LogP contribution in [-0.2, 0) is 4.79 Å². The molecule has 0 aliphatic rings. The van der Waals surface area contributed by atoms with Gasteiger partial charge in [0.1, 0.15) is 0 Å². The summed E-state index contributed by atoms with van der Waals surface area (Å²) in [6, 6.07) is 0. The molecule has 0 saturated carbocycles. The van der Waals surface area contributed by atoms with Gasteiger partial charge in [-0.15, -0.1) is 0 Å². The highest BCUT2D eigenvalue weighted by molar-refractivity contribution is 5.66. The third-order valence-electron chi connectivity index (χ3n) is 2.72. The first kappa shape index (κ1) is 15.4. The molecule has 0 rings (SSSR count). The second kappa shape index (κ2) is 7.66. The Morgan fingerprint density at radius 2 is 1.88 bits per heavy atom. The molecule has 0 amide bonds. The fraction of sp³-hybridized carbons (Fsp3) is 0.923. The molecule has 2 N–H and O–H groups in total. The van der Waals surface area contributed by atoms with E-state index in [0.717, 1.165) is 25.9 Å². The van der Waals surface area contributed by atoms with Crippen LogP contribution in [0.1, 0.15) is 53.4 Å². The lowest BCUT2D eigenvalue weighted by Crippen LogP contribution is -2.22. The van der Waals surface area contributed by atoms with E-state index in [4.69, 9.17) is 5.11 Å². The van der Waals surface area contributed by atoms with Gasteiger partial charge in [-0.1, -0.05) is 27.7 Å². The molecule has 96 valence electrons. The Labute approximate surface area is 99.6 Å². The molecule has 1 atom stereocenters. The smallest absolute Gasteiger partial charge is 0.303 e. The maximum atomic E-state index is 10.4. The number of aliphatic carboxylic acids is 1. The molecule has 0 aromatic rings. The first-order valence-corrected chi connectivity index (χ1v) is 6.24. The number of carbonyl (C=O) groups is 1. The Morgan fingerprint density at radius 1 is 1.25 bits per heavy atom. The fourth-order valence-electron chi connectivity index (χ4n) is 1.45. The second-order valence-corrected chi connectivity index (χ2v) is 5.89. The summed E-state index contributed by atoms with van der Waals surface area (Å²) in [5, 5.41) is 12.0. The molecule has 0 saturated heterocycles. The minimum Gasteiger partial charge on any atom is -0.481 e. The molecule has 0 aliphatic heterocycles. The van der Waals surface area contributed by atoms with Crippen molar-refractivity contribution in [1.29, 1.82) is 0 Å². The van der Waals surface area contributed by atoms with Crippen LogP contribution in [0.4, 0.5) is 0 Å². The van der Waals surface area contributed by atoms with Gasteiger partial charge in [0.05, 0.1) is 0 Å². The van der Waals surface area contributed by atoms with Crippen LogP contribution in [0.5, 0.6) is 0 Å². The zero-order valence-electron chi connectivity index (χ0n) is 11.2. The molecule has 0 aromatic carbocycles. The van der Waals surface area contributed by atoms with Gasteiger partial charge in [0.2, 0.25) is 0 Å². The number of hydrogen-bond donors (Lipinski definition) is 2. The highest BCUT2D eigenvalue weighted by Crippen LogP contribution is 2.17. The van der Waals surface area contributed by atoms with E-state index >= 15 is 0 Å². The van der Waals surface area contributed by atoms with Gasteiger partial charge in [0.15, 0.2) is 0 Å². The van der Waals surface area contributed by atoms with E-state index in [2.05, 4.69) is 33.0 Å². The number of carboxylic acid groups (broad SMARTS) is 1. The normalized spacial score (nSPS) is 13.8. The van der Waals surface area contributed by atoms with Crippen LogP contribution >= 0.6 is 0 Å². The predicted molar refractivity (Wildman–Crippen MR) is 67.6 cm³/mol. The lowest BCUT2D eigenvalue weighted by molar-refractivity contribution is -0.137. The van der Waals surface area contributed by atoms with Crippen LogP contribution in [0, 0.1) is 11.3 Å². The quantitative estimate of drug-likeness (QED) is 0.629. The number of nitrogens with one attached hydrogen (secondary N) is 1. The van der Waals surface area contributed by atoms with Crippen molar-refractivity contribution in [1.82, 2.24) is 5.32 Å². The molecule has 0 heterocycles. The molecule has 0 fully saturated rings.